The third kappa shape index (κ3) is 3.18. The minimum absolute atomic E-state index is 0.123. The lowest BCUT2D eigenvalue weighted by Crippen LogP contribution is -2.43. The lowest BCUT2D eigenvalue weighted by Gasteiger charge is -2.23. The number of amides is 1. The quantitative estimate of drug-likeness (QED) is 0.546. The Balaban J connectivity index is 2.62. The summed E-state index contributed by atoms with van der Waals surface area (Å²) in [6.45, 7) is 4.04. The summed E-state index contributed by atoms with van der Waals surface area (Å²) in [5, 5.41) is 0. The molecule has 0 N–H and O–H groups in total. The maximum Gasteiger partial charge on any atom is 0.362 e. The highest BCUT2D eigenvalue weighted by molar-refractivity contribution is 5.83. The van der Waals surface area contributed by atoms with Crippen molar-refractivity contribution in [3.8, 4) is 0 Å². The van der Waals surface area contributed by atoms with Gasteiger partial charge in [0.1, 0.15) is 0 Å². The molecular weight excluding hydrogens is 213 g/mol. The fourth-order valence-electron chi connectivity index (χ4n) is 1.72. The van der Waals surface area contributed by atoms with Crippen molar-refractivity contribution in [2.45, 2.75) is 39.4 Å². The third-order valence-electron chi connectivity index (χ3n) is 2.79. The van der Waals surface area contributed by atoms with Crippen LogP contribution in [0.5, 0.6) is 0 Å². The molecular formula is C11H18FNO3. The Morgan fingerprint density at radius 2 is 2.31 bits per heavy atom. The lowest BCUT2D eigenvalue weighted by atomic mass is 10.0. The summed E-state index contributed by atoms with van der Waals surface area (Å²) in [7, 11) is 0. The third-order valence-corrected chi connectivity index (χ3v) is 2.79. The van der Waals surface area contributed by atoms with Crippen molar-refractivity contribution in [1.82, 2.24) is 4.90 Å². The van der Waals surface area contributed by atoms with Crippen molar-refractivity contribution in [1.29, 1.82) is 0 Å². The van der Waals surface area contributed by atoms with Crippen molar-refractivity contribution in [3.63, 3.8) is 0 Å². The highest BCUT2D eigenvalue weighted by Gasteiger charge is 2.32. The minimum Gasteiger partial charge on any atom is -0.462 e. The van der Waals surface area contributed by atoms with Crippen LogP contribution in [0.3, 0.4) is 0 Å². The van der Waals surface area contributed by atoms with Crippen LogP contribution in [0.15, 0.2) is 0 Å². The molecule has 1 amide bonds. The Morgan fingerprint density at radius 3 is 2.94 bits per heavy atom. The molecule has 2 unspecified atom stereocenters. The Bertz CT molecular complexity index is 270. The van der Waals surface area contributed by atoms with Gasteiger partial charge in [-0.15, -0.1) is 0 Å². The van der Waals surface area contributed by atoms with Gasteiger partial charge in [-0.1, -0.05) is 6.92 Å². The van der Waals surface area contributed by atoms with Gasteiger partial charge in [-0.05, 0) is 25.7 Å². The van der Waals surface area contributed by atoms with Crippen molar-refractivity contribution in [3.05, 3.63) is 0 Å². The van der Waals surface area contributed by atoms with E-state index in [9.17, 15) is 14.0 Å². The number of hydrogen-bond donors (Lipinski definition) is 0. The molecule has 16 heavy (non-hydrogen) atoms. The first-order valence-electron chi connectivity index (χ1n) is 5.66. The van der Waals surface area contributed by atoms with E-state index in [1.807, 2.05) is 6.92 Å². The van der Waals surface area contributed by atoms with E-state index in [-0.39, 0.29) is 12.5 Å². The van der Waals surface area contributed by atoms with E-state index < -0.39 is 12.3 Å². The van der Waals surface area contributed by atoms with Gasteiger partial charge < -0.3 is 9.64 Å². The molecule has 0 aromatic rings. The van der Waals surface area contributed by atoms with E-state index in [1.165, 1.54) is 0 Å². The standard InChI is InChI=1S/C11H18FNO3/c1-3-16-11(15)10(12)13-7-6-8(2)4-5-9(13)14/h8,10H,3-7H2,1-2H3. The smallest absolute Gasteiger partial charge is 0.362 e. The van der Waals surface area contributed by atoms with Crippen molar-refractivity contribution < 1.29 is 18.7 Å². The summed E-state index contributed by atoms with van der Waals surface area (Å²) in [5.41, 5.74) is 0. The van der Waals surface area contributed by atoms with Crippen LogP contribution in [0.1, 0.15) is 33.1 Å². The molecule has 5 heteroatoms. The molecule has 2 atom stereocenters. The number of ether oxygens (including phenoxy) is 1. The van der Waals surface area contributed by atoms with Crippen LogP contribution in [-0.2, 0) is 14.3 Å². The van der Waals surface area contributed by atoms with Gasteiger partial charge >= 0.3 is 5.97 Å². The van der Waals surface area contributed by atoms with Crippen molar-refractivity contribution in [2.24, 2.45) is 5.92 Å². The summed E-state index contributed by atoms with van der Waals surface area (Å²) in [5.74, 6) is -0.876. The molecule has 1 fully saturated rings. The molecule has 0 aliphatic carbocycles. The van der Waals surface area contributed by atoms with Gasteiger partial charge in [-0.25, -0.2) is 9.18 Å². The van der Waals surface area contributed by atoms with E-state index in [0.29, 0.717) is 18.9 Å². The second-order valence-corrected chi connectivity index (χ2v) is 4.11. The van der Waals surface area contributed by atoms with Gasteiger partial charge in [0.2, 0.25) is 5.91 Å². The molecule has 4 nitrogen and oxygen atoms in total. The number of nitrogens with zero attached hydrogens (tertiary/aromatic N) is 1. The fraction of sp³-hybridized carbons (Fsp3) is 0.818. The number of esters is 1. The number of halogens is 1. The van der Waals surface area contributed by atoms with Crippen molar-refractivity contribution >= 4 is 11.9 Å². The van der Waals surface area contributed by atoms with Crippen LogP contribution in [-0.4, -0.2) is 36.2 Å². The maximum absolute atomic E-state index is 13.7. The van der Waals surface area contributed by atoms with E-state index in [1.54, 1.807) is 6.92 Å². The lowest BCUT2D eigenvalue weighted by molar-refractivity contribution is -0.162. The summed E-state index contributed by atoms with van der Waals surface area (Å²) in [4.78, 5) is 23.8. The Kier molecular flexibility index (Phi) is 4.71. The van der Waals surface area contributed by atoms with Crippen LogP contribution in [0.25, 0.3) is 0 Å². The number of hydrogen-bond acceptors (Lipinski definition) is 3. The first-order valence-corrected chi connectivity index (χ1v) is 5.66. The maximum atomic E-state index is 13.7. The van der Waals surface area contributed by atoms with Gasteiger partial charge in [0, 0.05) is 13.0 Å². The summed E-state index contributed by atoms with van der Waals surface area (Å²) in [6, 6.07) is 0. The van der Waals surface area contributed by atoms with E-state index in [2.05, 4.69) is 4.74 Å². The van der Waals surface area contributed by atoms with Gasteiger partial charge in [-0.2, -0.15) is 0 Å². The number of alkyl halides is 1. The molecule has 0 spiro atoms. The predicted molar refractivity (Wildman–Crippen MR) is 56.3 cm³/mol. The van der Waals surface area contributed by atoms with Crippen LogP contribution in [0.2, 0.25) is 0 Å². The highest BCUT2D eigenvalue weighted by atomic mass is 19.1. The molecule has 0 aromatic carbocycles. The van der Waals surface area contributed by atoms with Crippen LogP contribution in [0.4, 0.5) is 4.39 Å². The minimum atomic E-state index is -1.95. The Morgan fingerprint density at radius 1 is 1.62 bits per heavy atom. The SMILES string of the molecule is CCOC(=O)C(F)N1CCC(C)CCC1=O. The average molecular weight is 231 g/mol. The first-order chi connectivity index (χ1) is 7.56. The van der Waals surface area contributed by atoms with Gasteiger partial charge in [-0.3, -0.25) is 4.79 Å². The van der Waals surface area contributed by atoms with Gasteiger partial charge in [0.25, 0.3) is 6.30 Å². The topological polar surface area (TPSA) is 46.6 Å². The summed E-state index contributed by atoms with van der Waals surface area (Å²) < 4.78 is 18.2. The summed E-state index contributed by atoms with van der Waals surface area (Å²) in [6.07, 6.45) is -0.157. The zero-order chi connectivity index (χ0) is 12.1. The normalized spacial score (nSPS) is 23.8. The zero-order valence-electron chi connectivity index (χ0n) is 9.74. The molecule has 92 valence electrons. The highest BCUT2D eigenvalue weighted by Crippen LogP contribution is 2.20. The fourth-order valence-corrected chi connectivity index (χ4v) is 1.72. The molecule has 0 radical (unpaired) electrons. The second-order valence-electron chi connectivity index (χ2n) is 4.11. The molecule has 1 saturated heterocycles. The molecule has 0 saturated carbocycles. The predicted octanol–water partition coefficient (Wildman–Crippen LogP) is 1.49. The number of likely N-dealkylation sites (tertiary alicyclic amines) is 1. The van der Waals surface area contributed by atoms with Crippen LogP contribution < -0.4 is 0 Å². The number of carbonyl (C=O) groups excluding carboxylic acids is 2. The van der Waals surface area contributed by atoms with E-state index in [4.69, 9.17) is 0 Å². The Labute approximate surface area is 94.7 Å². The molecule has 0 aromatic heterocycles. The average Bonchev–Trinajstić information content (AvgIpc) is 2.41. The van der Waals surface area contributed by atoms with Crippen LogP contribution in [0, 0.1) is 5.92 Å². The molecule has 0 bridgehead atoms. The monoisotopic (exact) mass is 231 g/mol. The molecule has 1 rings (SSSR count). The molecule has 1 heterocycles. The first kappa shape index (κ1) is 12.9. The van der Waals surface area contributed by atoms with Crippen molar-refractivity contribution in [2.75, 3.05) is 13.2 Å². The van der Waals surface area contributed by atoms with E-state index >= 15 is 0 Å². The Hall–Kier alpha value is -1.13. The number of carbonyl (C=O) groups is 2. The van der Waals surface area contributed by atoms with E-state index in [0.717, 1.165) is 17.7 Å². The van der Waals surface area contributed by atoms with Gasteiger partial charge in [0.05, 0.1) is 6.61 Å². The van der Waals surface area contributed by atoms with Gasteiger partial charge in [0.15, 0.2) is 0 Å². The largest absolute Gasteiger partial charge is 0.462 e. The van der Waals surface area contributed by atoms with Crippen LogP contribution >= 0.6 is 0 Å². The summed E-state index contributed by atoms with van der Waals surface area (Å²) >= 11 is 0. The number of rotatable bonds is 3. The molecule has 1 aliphatic heterocycles. The zero-order valence-corrected chi connectivity index (χ0v) is 9.74. The second kappa shape index (κ2) is 5.82. The molecule has 1 aliphatic rings.